The molecule has 0 aliphatic carbocycles. The second-order valence-corrected chi connectivity index (χ2v) is 16.6. The Kier molecular flexibility index (Phi) is 14.6. The van der Waals surface area contributed by atoms with Gasteiger partial charge in [-0.3, -0.25) is 0 Å². The van der Waals surface area contributed by atoms with Crippen LogP contribution in [0.4, 0.5) is 23.5 Å². The standard InChI is InChI=1S/C20H18N6.C16H14BrN3.C10H16BN3O2.CH4/c1-13(14-5-3-2-4-6-14)26-19-17-9-15(7-8-18(17)24-12-25-19)16-10-22-20(21)23-11-16;1-11(12-5-3-2-4-6-12)20-16-14-9-13(17)7-8-15(14)18-10-19-16;1-9(2)10(3,4)16-11(15-9)7-5-13-8(12)14-6-7;/h2-13H,1H3,(H2,21,22,23)(H,24,25,26);2-11H,1H3,(H,18,19,20);5-6H,1-4H3,(H2,12,13,14);1H4. The Morgan fingerprint density at radius 1 is 0.556 bits per heavy atom. The first-order valence-corrected chi connectivity index (χ1v) is 20.8. The molecule has 8 aromatic rings. The number of benzene rings is 4. The molecule has 2 unspecified atom stereocenters. The largest absolute Gasteiger partial charge is 0.498 e. The molecule has 4 aromatic carbocycles. The van der Waals surface area contributed by atoms with E-state index in [9.17, 15) is 0 Å². The number of nitrogens with zero attached hydrogens (tertiary/aromatic N) is 8. The van der Waals surface area contributed by atoms with E-state index in [0.717, 1.165) is 54.5 Å². The average Bonchev–Trinajstić information content (AvgIpc) is 3.50. The molecule has 4 aromatic heterocycles. The lowest BCUT2D eigenvalue weighted by molar-refractivity contribution is 0.00578. The molecule has 1 fully saturated rings. The number of rotatable bonds is 8. The zero-order chi connectivity index (χ0) is 43.9. The predicted octanol–water partition coefficient (Wildman–Crippen LogP) is 9.40. The molecule has 14 nitrogen and oxygen atoms in total. The van der Waals surface area contributed by atoms with Crippen LogP contribution in [0.2, 0.25) is 0 Å². The fraction of sp³-hybridized carbons (Fsp3) is 0.234. The van der Waals surface area contributed by atoms with Gasteiger partial charge in [0.2, 0.25) is 11.9 Å². The van der Waals surface area contributed by atoms with Crippen molar-refractivity contribution in [1.82, 2.24) is 39.9 Å². The number of hydrogen-bond donors (Lipinski definition) is 4. The monoisotopic (exact) mass is 906 g/mol. The van der Waals surface area contributed by atoms with E-state index in [4.69, 9.17) is 20.8 Å². The molecule has 0 bridgehead atoms. The Morgan fingerprint density at radius 3 is 1.49 bits per heavy atom. The van der Waals surface area contributed by atoms with Crippen molar-refractivity contribution in [3.8, 4) is 11.1 Å². The van der Waals surface area contributed by atoms with Crippen LogP contribution in [-0.2, 0) is 9.31 Å². The summed E-state index contributed by atoms with van der Waals surface area (Å²) < 4.78 is 12.7. The number of anilines is 4. The fourth-order valence-corrected chi connectivity index (χ4v) is 6.85. The van der Waals surface area contributed by atoms with E-state index in [1.807, 2.05) is 100 Å². The van der Waals surface area contributed by atoms with Gasteiger partial charge in [0.25, 0.3) is 0 Å². The van der Waals surface area contributed by atoms with Gasteiger partial charge >= 0.3 is 7.12 Å². The summed E-state index contributed by atoms with van der Waals surface area (Å²) in [5, 5.41) is 8.91. The van der Waals surface area contributed by atoms with Crippen molar-refractivity contribution in [2.24, 2.45) is 0 Å². The van der Waals surface area contributed by atoms with Gasteiger partial charge in [-0.15, -0.1) is 0 Å². The van der Waals surface area contributed by atoms with Gasteiger partial charge in [-0.2, -0.15) is 0 Å². The molecule has 0 amide bonds. The zero-order valence-electron chi connectivity index (χ0n) is 35.4. The van der Waals surface area contributed by atoms with Crippen molar-refractivity contribution in [3.63, 3.8) is 0 Å². The molecular weight excluding hydrogens is 855 g/mol. The normalized spacial score (nSPS) is 14.6. The van der Waals surface area contributed by atoms with Crippen molar-refractivity contribution in [2.45, 2.75) is 72.3 Å². The summed E-state index contributed by atoms with van der Waals surface area (Å²) in [6.07, 6.45) is 9.86. The SMILES string of the molecule is C.CC(Nc1ncnc2ccc(-c3cnc(N)nc3)cc12)c1ccccc1.CC(Nc1ncnc2ccc(Br)cc12)c1ccccc1.CC1(C)OB(c2cnc(N)nc2)OC1(C)C. The van der Waals surface area contributed by atoms with Crippen LogP contribution in [-0.4, -0.2) is 58.2 Å². The third-order valence-corrected chi connectivity index (χ3v) is 11.3. The Morgan fingerprint density at radius 2 is 1.00 bits per heavy atom. The molecule has 63 heavy (non-hydrogen) atoms. The van der Waals surface area contributed by atoms with Crippen LogP contribution >= 0.6 is 15.9 Å². The molecule has 2 atom stereocenters. The Hall–Kier alpha value is -6.62. The van der Waals surface area contributed by atoms with Gasteiger partial charge in [-0.1, -0.05) is 90.1 Å². The lowest BCUT2D eigenvalue weighted by Gasteiger charge is -2.32. The van der Waals surface area contributed by atoms with E-state index in [-0.39, 0.29) is 42.6 Å². The van der Waals surface area contributed by atoms with E-state index >= 15 is 0 Å². The van der Waals surface area contributed by atoms with E-state index in [2.05, 4.69) is 105 Å². The minimum Gasteiger partial charge on any atom is -0.399 e. The Labute approximate surface area is 377 Å². The fourth-order valence-electron chi connectivity index (χ4n) is 6.49. The van der Waals surface area contributed by atoms with Crippen LogP contribution in [0.15, 0.2) is 139 Å². The Balaban J connectivity index is 0.000000161. The summed E-state index contributed by atoms with van der Waals surface area (Å²) in [5.74, 6) is 2.16. The van der Waals surface area contributed by atoms with Gasteiger partial charge in [0.05, 0.1) is 22.2 Å². The first-order chi connectivity index (χ1) is 29.8. The molecule has 0 radical (unpaired) electrons. The molecule has 1 aliphatic rings. The quantitative estimate of drug-likeness (QED) is 0.105. The van der Waals surface area contributed by atoms with Crippen LogP contribution in [0.25, 0.3) is 32.9 Å². The number of nitrogen functional groups attached to an aromatic ring is 2. The van der Waals surface area contributed by atoms with Gasteiger partial charge < -0.3 is 31.4 Å². The van der Waals surface area contributed by atoms with Crippen molar-refractivity contribution >= 4 is 73.8 Å². The topological polar surface area (TPSA) is 198 Å². The van der Waals surface area contributed by atoms with Crippen molar-refractivity contribution < 1.29 is 9.31 Å². The minimum atomic E-state index is -0.425. The van der Waals surface area contributed by atoms with Gasteiger partial charge in [0.15, 0.2) is 0 Å². The molecule has 0 saturated carbocycles. The molecule has 1 saturated heterocycles. The van der Waals surface area contributed by atoms with Gasteiger partial charge in [-0.25, -0.2) is 39.9 Å². The first kappa shape index (κ1) is 45.9. The highest BCUT2D eigenvalue weighted by Gasteiger charge is 2.52. The molecular formula is C47H52BBrN12O2. The van der Waals surface area contributed by atoms with Crippen LogP contribution in [0.5, 0.6) is 0 Å². The maximum atomic E-state index is 5.85. The Bertz CT molecular complexity index is 2720. The third kappa shape index (κ3) is 11.3. The number of aromatic nitrogens is 8. The summed E-state index contributed by atoms with van der Waals surface area (Å²) in [6.45, 7) is 12.3. The minimum absolute atomic E-state index is 0. The summed E-state index contributed by atoms with van der Waals surface area (Å²) in [6, 6.07) is 32.9. The number of hydrogen-bond acceptors (Lipinski definition) is 14. The van der Waals surface area contributed by atoms with Gasteiger partial charge in [-0.05, 0) is 88.6 Å². The first-order valence-electron chi connectivity index (χ1n) is 20.1. The molecule has 5 heterocycles. The van der Waals surface area contributed by atoms with Gasteiger partial charge in [0.1, 0.15) is 24.3 Å². The number of fused-ring (bicyclic) bond motifs is 2. The lowest BCUT2D eigenvalue weighted by atomic mass is 9.81. The third-order valence-electron chi connectivity index (χ3n) is 10.8. The van der Waals surface area contributed by atoms with E-state index < -0.39 is 7.12 Å². The highest BCUT2D eigenvalue weighted by molar-refractivity contribution is 9.10. The molecule has 322 valence electrons. The molecule has 1 aliphatic heterocycles. The van der Waals surface area contributed by atoms with Gasteiger partial charge in [0, 0.05) is 63.1 Å². The van der Waals surface area contributed by atoms with E-state index in [0.29, 0.717) is 0 Å². The second-order valence-electron chi connectivity index (χ2n) is 15.7. The smallest absolute Gasteiger partial charge is 0.399 e. The molecule has 6 N–H and O–H groups in total. The van der Waals surface area contributed by atoms with Crippen molar-refractivity contribution in [3.05, 3.63) is 150 Å². The highest BCUT2D eigenvalue weighted by atomic mass is 79.9. The van der Waals surface area contributed by atoms with Crippen LogP contribution in [0.3, 0.4) is 0 Å². The maximum absolute atomic E-state index is 5.85. The van der Waals surface area contributed by atoms with E-state index in [1.165, 1.54) is 11.1 Å². The molecule has 0 spiro atoms. The lowest BCUT2D eigenvalue weighted by Crippen LogP contribution is -2.41. The maximum Gasteiger partial charge on any atom is 0.498 e. The zero-order valence-corrected chi connectivity index (χ0v) is 36.9. The number of nitrogens with one attached hydrogen (secondary N) is 2. The molecule has 16 heteroatoms. The van der Waals surface area contributed by atoms with Crippen LogP contribution in [0, 0.1) is 0 Å². The second kappa shape index (κ2) is 20.1. The van der Waals surface area contributed by atoms with E-state index in [1.54, 1.807) is 37.4 Å². The van der Waals surface area contributed by atoms with Crippen LogP contribution in [0.1, 0.15) is 72.2 Å². The average molecular weight is 908 g/mol. The van der Waals surface area contributed by atoms with Crippen molar-refractivity contribution in [1.29, 1.82) is 0 Å². The number of halogens is 1. The summed E-state index contributed by atoms with van der Waals surface area (Å²) in [5.41, 5.74) is 17.2. The predicted molar refractivity (Wildman–Crippen MR) is 258 cm³/mol. The van der Waals surface area contributed by atoms with Crippen LogP contribution < -0.4 is 27.6 Å². The summed E-state index contributed by atoms with van der Waals surface area (Å²) >= 11 is 3.49. The summed E-state index contributed by atoms with van der Waals surface area (Å²) in [7, 11) is -0.425. The number of nitrogens with two attached hydrogens (primary N) is 2. The summed E-state index contributed by atoms with van der Waals surface area (Å²) in [4.78, 5) is 33.5. The molecule has 9 rings (SSSR count). The highest BCUT2D eigenvalue weighted by Crippen LogP contribution is 2.36. The van der Waals surface area contributed by atoms with Crippen molar-refractivity contribution in [2.75, 3.05) is 22.1 Å².